The van der Waals surface area contributed by atoms with Crippen LogP contribution in [0.1, 0.15) is 41.5 Å². The summed E-state index contributed by atoms with van der Waals surface area (Å²) in [5.41, 5.74) is 0. The number of hydrogen-bond acceptors (Lipinski definition) is 3. The van der Waals surface area contributed by atoms with E-state index in [4.69, 9.17) is 4.74 Å². The fourth-order valence-corrected chi connectivity index (χ4v) is 1.64. The summed E-state index contributed by atoms with van der Waals surface area (Å²) in [6.45, 7) is 13.7. The number of ether oxygens (including phenoxy) is 1. The maximum Gasteiger partial charge on any atom is 0.323 e. The van der Waals surface area contributed by atoms with Crippen molar-refractivity contribution >= 4 is 5.97 Å². The van der Waals surface area contributed by atoms with Gasteiger partial charge >= 0.3 is 5.97 Å². The highest BCUT2D eigenvalue weighted by Crippen LogP contribution is 2.10. The lowest BCUT2D eigenvalue weighted by Crippen LogP contribution is -2.45. The molecule has 0 N–H and O–H groups in total. The molecule has 3 heteroatoms. The van der Waals surface area contributed by atoms with Crippen molar-refractivity contribution in [2.45, 2.75) is 53.6 Å². The molecule has 0 rings (SSSR count). The van der Waals surface area contributed by atoms with E-state index in [1.807, 2.05) is 13.8 Å². The summed E-state index contributed by atoms with van der Waals surface area (Å²) in [6.07, 6.45) is 0. The molecule has 0 amide bonds. The minimum Gasteiger partial charge on any atom is -0.465 e. The Morgan fingerprint density at radius 1 is 1.20 bits per heavy atom. The SMILES string of the molecule is CCOC(=O)C(C)N(CC(C)C)C(C)C. The molecule has 0 aromatic rings. The van der Waals surface area contributed by atoms with Gasteiger partial charge in [-0.25, -0.2) is 0 Å². The molecule has 0 saturated heterocycles. The molecule has 0 aliphatic rings. The van der Waals surface area contributed by atoms with Gasteiger partial charge < -0.3 is 4.74 Å². The molecule has 0 aliphatic carbocycles. The van der Waals surface area contributed by atoms with Gasteiger partial charge in [0, 0.05) is 12.6 Å². The Hall–Kier alpha value is -0.570. The highest BCUT2D eigenvalue weighted by molar-refractivity contribution is 5.75. The van der Waals surface area contributed by atoms with Gasteiger partial charge in [0.1, 0.15) is 6.04 Å². The van der Waals surface area contributed by atoms with Crippen molar-refractivity contribution in [3.63, 3.8) is 0 Å². The van der Waals surface area contributed by atoms with Crippen LogP contribution in [-0.2, 0) is 9.53 Å². The smallest absolute Gasteiger partial charge is 0.323 e. The summed E-state index contributed by atoms with van der Waals surface area (Å²) in [4.78, 5) is 13.8. The van der Waals surface area contributed by atoms with E-state index in [1.165, 1.54) is 0 Å². The summed E-state index contributed by atoms with van der Waals surface area (Å²) in [5, 5.41) is 0. The van der Waals surface area contributed by atoms with Gasteiger partial charge in [0.2, 0.25) is 0 Å². The summed E-state index contributed by atoms with van der Waals surface area (Å²) >= 11 is 0. The second-order valence-corrected chi connectivity index (χ2v) is 4.61. The molecule has 0 heterocycles. The number of esters is 1. The molecule has 0 spiro atoms. The van der Waals surface area contributed by atoms with Crippen LogP contribution in [0.25, 0.3) is 0 Å². The van der Waals surface area contributed by atoms with E-state index in [1.54, 1.807) is 0 Å². The molecule has 0 saturated carbocycles. The number of carbonyl (C=O) groups excluding carboxylic acids is 1. The van der Waals surface area contributed by atoms with Crippen LogP contribution in [0.15, 0.2) is 0 Å². The van der Waals surface area contributed by atoms with Crippen LogP contribution >= 0.6 is 0 Å². The maximum absolute atomic E-state index is 11.6. The van der Waals surface area contributed by atoms with Crippen LogP contribution in [0.4, 0.5) is 0 Å². The number of carbonyl (C=O) groups is 1. The van der Waals surface area contributed by atoms with Gasteiger partial charge in [-0.3, -0.25) is 9.69 Å². The monoisotopic (exact) mass is 215 g/mol. The van der Waals surface area contributed by atoms with E-state index >= 15 is 0 Å². The zero-order valence-electron chi connectivity index (χ0n) is 10.9. The van der Waals surface area contributed by atoms with Crippen LogP contribution < -0.4 is 0 Å². The topological polar surface area (TPSA) is 29.5 Å². The molecule has 0 aromatic carbocycles. The molecule has 0 fully saturated rings. The van der Waals surface area contributed by atoms with Crippen molar-refractivity contribution in [2.75, 3.05) is 13.2 Å². The van der Waals surface area contributed by atoms with Gasteiger partial charge in [0.05, 0.1) is 6.61 Å². The lowest BCUT2D eigenvalue weighted by molar-refractivity contribution is -0.149. The Balaban J connectivity index is 4.40. The molecule has 1 atom stereocenters. The van der Waals surface area contributed by atoms with Crippen LogP contribution in [0, 0.1) is 5.92 Å². The molecule has 90 valence electrons. The first-order valence-corrected chi connectivity index (χ1v) is 5.82. The first kappa shape index (κ1) is 14.4. The maximum atomic E-state index is 11.6. The average Bonchev–Trinajstić information content (AvgIpc) is 2.12. The van der Waals surface area contributed by atoms with Gasteiger partial charge in [0.25, 0.3) is 0 Å². The first-order chi connectivity index (χ1) is 6.90. The number of hydrogen-bond donors (Lipinski definition) is 0. The largest absolute Gasteiger partial charge is 0.465 e. The van der Waals surface area contributed by atoms with Crippen LogP contribution in [0.2, 0.25) is 0 Å². The zero-order chi connectivity index (χ0) is 12.0. The zero-order valence-corrected chi connectivity index (χ0v) is 10.9. The molecule has 0 aromatic heterocycles. The van der Waals surface area contributed by atoms with Crippen LogP contribution in [-0.4, -0.2) is 36.1 Å². The van der Waals surface area contributed by atoms with Crippen LogP contribution in [0.3, 0.4) is 0 Å². The first-order valence-electron chi connectivity index (χ1n) is 5.82. The summed E-state index contributed by atoms with van der Waals surface area (Å²) < 4.78 is 5.04. The van der Waals surface area contributed by atoms with E-state index in [0.717, 1.165) is 6.54 Å². The third-order valence-corrected chi connectivity index (χ3v) is 2.36. The van der Waals surface area contributed by atoms with E-state index in [-0.39, 0.29) is 12.0 Å². The van der Waals surface area contributed by atoms with Gasteiger partial charge in [-0.1, -0.05) is 13.8 Å². The van der Waals surface area contributed by atoms with Gasteiger partial charge in [-0.15, -0.1) is 0 Å². The summed E-state index contributed by atoms with van der Waals surface area (Å²) in [7, 11) is 0. The van der Waals surface area contributed by atoms with Crippen molar-refractivity contribution in [3.8, 4) is 0 Å². The molecule has 1 unspecified atom stereocenters. The number of rotatable bonds is 6. The average molecular weight is 215 g/mol. The van der Waals surface area contributed by atoms with E-state index in [0.29, 0.717) is 18.6 Å². The fourth-order valence-electron chi connectivity index (χ4n) is 1.64. The lowest BCUT2D eigenvalue weighted by atomic mass is 10.1. The van der Waals surface area contributed by atoms with Crippen molar-refractivity contribution in [3.05, 3.63) is 0 Å². The quantitative estimate of drug-likeness (QED) is 0.637. The molecule has 0 radical (unpaired) electrons. The van der Waals surface area contributed by atoms with Gasteiger partial charge in [0.15, 0.2) is 0 Å². The third-order valence-electron chi connectivity index (χ3n) is 2.36. The Morgan fingerprint density at radius 3 is 2.07 bits per heavy atom. The predicted molar refractivity (Wildman–Crippen MR) is 62.8 cm³/mol. The molecule has 0 aliphatic heterocycles. The normalized spacial score (nSPS) is 13.7. The Labute approximate surface area is 93.8 Å². The van der Waals surface area contributed by atoms with Crippen molar-refractivity contribution < 1.29 is 9.53 Å². The molecule has 15 heavy (non-hydrogen) atoms. The summed E-state index contributed by atoms with van der Waals surface area (Å²) in [5.74, 6) is 0.441. The minimum absolute atomic E-state index is 0.119. The fraction of sp³-hybridized carbons (Fsp3) is 0.917. The number of nitrogens with zero attached hydrogens (tertiary/aromatic N) is 1. The van der Waals surface area contributed by atoms with Crippen molar-refractivity contribution in [2.24, 2.45) is 5.92 Å². The molecular weight excluding hydrogens is 190 g/mol. The standard InChI is InChI=1S/C12H25NO2/c1-7-15-12(14)11(6)13(10(4)5)8-9(2)3/h9-11H,7-8H2,1-6H3. The summed E-state index contributed by atoms with van der Waals surface area (Å²) in [6, 6.07) is 0.221. The van der Waals surface area contributed by atoms with E-state index in [2.05, 4.69) is 32.6 Å². The molecule has 3 nitrogen and oxygen atoms in total. The van der Waals surface area contributed by atoms with Crippen molar-refractivity contribution in [1.29, 1.82) is 0 Å². The van der Waals surface area contributed by atoms with Crippen LogP contribution in [0.5, 0.6) is 0 Å². The van der Waals surface area contributed by atoms with Gasteiger partial charge in [-0.2, -0.15) is 0 Å². The highest BCUT2D eigenvalue weighted by Gasteiger charge is 2.24. The second kappa shape index (κ2) is 6.83. The van der Waals surface area contributed by atoms with Crippen molar-refractivity contribution in [1.82, 2.24) is 4.90 Å². The Morgan fingerprint density at radius 2 is 1.73 bits per heavy atom. The second-order valence-electron chi connectivity index (χ2n) is 4.61. The Kier molecular flexibility index (Phi) is 6.57. The molecular formula is C12H25NO2. The molecule has 0 bridgehead atoms. The van der Waals surface area contributed by atoms with Gasteiger partial charge in [-0.05, 0) is 33.6 Å². The highest BCUT2D eigenvalue weighted by atomic mass is 16.5. The third kappa shape index (κ3) is 5.17. The Bertz CT molecular complexity index is 190. The minimum atomic E-state index is -0.146. The lowest BCUT2D eigenvalue weighted by Gasteiger charge is -2.32. The predicted octanol–water partition coefficient (Wildman–Crippen LogP) is 2.30. The van der Waals surface area contributed by atoms with E-state index < -0.39 is 0 Å². The van der Waals surface area contributed by atoms with E-state index in [9.17, 15) is 4.79 Å².